The molecular formula is C25H32F2N2O4. The van der Waals surface area contributed by atoms with Gasteiger partial charge in [-0.05, 0) is 50.5 Å². The normalized spacial score (nSPS) is 25.8. The van der Waals surface area contributed by atoms with E-state index in [9.17, 15) is 24.1 Å². The third kappa shape index (κ3) is 5.63. The van der Waals surface area contributed by atoms with E-state index in [-0.39, 0.29) is 18.9 Å². The quantitative estimate of drug-likeness (QED) is 0.613. The zero-order valence-corrected chi connectivity index (χ0v) is 18.9. The second-order valence-corrected chi connectivity index (χ2v) is 9.53. The SMILES string of the molecule is Cc1ccc(N2CCC(O)(CN3CC[C@H](O)[C@@](O)(COc4ccc(F)c(F)c4)C3)CC2)cc1. The molecule has 2 aromatic carbocycles. The standard InChI is InChI=1S/C25H32F2N2O4/c1-18-2-4-19(5-3-18)29-12-9-24(31,10-13-29)15-28-11-8-23(30)25(32,16-28)17-33-20-6-7-21(26)22(27)14-20/h2-7,14,23,30-32H,8-13,15-17H2,1H3/t23-,25-/m0/s1. The maximum Gasteiger partial charge on any atom is 0.162 e. The summed E-state index contributed by atoms with van der Waals surface area (Å²) in [6.45, 7) is 4.29. The number of benzene rings is 2. The summed E-state index contributed by atoms with van der Waals surface area (Å²) in [5, 5.41) is 32.7. The van der Waals surface area contributed by atoms with E-state index >= 15 is 0 Å². The lowest BCUT2D eigenvalue weighted by Gasteiger charge is -2.46. The van der Waals surface area contributed by atoms with Crippen LogP contribution < -0.4 is 9.64 Å². The summed E-state index contributed by atoms with van der Waals surface area (Å²) in [7, 11) is 0. The van der Waals surface area contributed by atoms with Crippen molar-refractivity contribution in [1.82, 2.24) is 4.90 Å². The Morgan fingerprint density at radius 2 is 1.70 bits per heavy atom. The van der Waals surface area contributed by atoms with Crippen LogP contribution in [0.1, 0.15) is 24.8 Å². The highest BCUT2D eigenvalue weighted by atomic mass is 19.2. The summed E-state index contributed by atoms with van der Waals surface area (Å²) in [6, 6.07) is 11.5. The number of nitrogens with zero attached hydrogens (tertiary/aromatic N) is 2. The largest absolute Gasteiger partial charge is 0.490 e. The van der Waals surface area contributed by atoms with Gasteiger partial charge in [0.2, 0.25) is 0 Å². The lowest BCUT2D eigenvalue weighted by atomic mass is 9.86. The number of halogens is 2. The first-order valence-electron chi connectivity index (χ1n) is 11.4. The second-order valence-electron chi connectivity index (χ2n) is 9.53. The number of piperidine rings is 2. The van der Waals surface area contributed by atoms with Gasteiger partial charge in [0, 0.05) is 44.5 Å². The molecular weight excluding hydrogens is 430 g/mol. The minimum absolute atomic E-state index is 0.0776. The fourth-order valence-corrected chi connectivity index (χ4v) is 4.71. The van der Waals surface area contributed by atoms with E-state index in [0.717, 1.165) is 30.9 Å². The fourth-order valence-electron chi connectivity index (χ4n) is 4.71. The molecule has 0 saturated carbocycles. The highest BCUT2D eigenvalue weighted by Crippen LogP contribution is 2.30. The number of aryl methyl sites for hydroxylation is 1. The molecule has 2 atom stereocenters. The molecule has 0 aromatic heterocycles. The minimum atomic E-state index is -1.58. The van der Waals surface area contributed by atoms with E-state index in [0.29, 0.717) is 32.4 Å². The number of ether oxygens (including phenoxy) is 1. The summed E-state index contributed by atoms with van der Waals surface area (Å²) in [4.78, 5) is 4.21. The van der Waals surface area contributed by atoms with Crippen LogP contribution in [0.25, 0.3) is 0 Å². The van der Waals surface area contributed by atoms with Crippen molar-refractivity contribution in [2.75, 3.05) is 44.2 Å². The van der Waals surface area contributed by atoms with Crippen LogP contribution >= 0.6 is 0 Å². The van der Waals surface area contributed by atoms with Crippen molar-refractivity contribution in [3.05, 3.63) is 59.7 Å². The van der Waals surface area contributed by atoms with Crippen LogP contribution in [0.4, 0.5) is 14.5 Å². The van der Waals surface area contributed by atoms with Crippen molar-refractivity contribution in [3.63, 3.8) is 0 Å². The third-order valence-electron chi connectivity index (χ3n) is 6.83. The van der Waals surface area contributed by atoms with Gasteiger partial charge in [-0.1, -0.05) is 17.7 Å². The van der Waals surface area contributed by atoms with Crippen LogP contribution in [0.5, 0.6) is 5.75 Å². The molecule has 8 heteroatoms. The number of likely N-dealkylation sites (tertiary alicyclic amines) is 1. The first-order valence-corrected chi connectivity index (χ1v) is 11.4. The molecule has 0 spiro atoms. The topological polar surface area (TPSA) is 76.4 Å². The van der Waals surface area contributed by atoms with E-state index in [4.69, 9.17) is 4.74 Å². The van der Waals surface area contributed by atoms with Gasteiger partial charge >= 0.3 is 0 Å². The van der Waals surface area contributed by atoms with Gasteiger partial charge in [0.1, 0.15) is 18.0 Å². The Balaban J connectivity index is 1.33. The Morgan fingerprint density at radius 3 is 2.36 bits per heavy atom. The van der Waals surface area contributed by atoms with Gasteiger partial charge in [0.25, 0.3) is 0 Å². The number of aliphatic hydroxyl groups excluding tert-OH is 1. The molecule has 180 valence electrons. The van der Waals surface area contributed by atoms with Gasteiger partial charge < -0.3 is 25.0 Å². The van der Waals surface area contributed by atoms with Gasteiger partial charge in [0.15, 0.2) is 11.6 Å². The van der Waals surface area contributed by atoms with Gasteiger partial charge in [-0.15, -0.1) is 0 Å². The summed E-state index contributed by atoms with van der Waals surface area (Å²) in [6.07, 6.45) is 0.508. The Morgan fingerprint density at radius 1 is 1.00 bits per heavy atom. The Labute approximate surface area is 193 Å². The number of aliphatic hydroxyl groups is 3. The van der Waals surface area contributed by atoms with E-state index in [2.05, 4.69) is 36.1 Å². The molecule has 3 N–H and O–H groups in total. The number of hydrogen-bond donors (Lipinski definition) is 3. The molecule has 2 aromatic rings. The van der Waals surface area contributed by atoms with Crippen molar-refractivity contribution < 1.29 is 28.8 Å². The van der Waals surface area contributed by atoms with Crippen molar-refractivity contribution in [2.45, 2.75) is 43.5 Å². The first-order chi connectivity index (χ1) is 15.7. The van der Waals surface area contributed by atoms with E-state index < -0.39 is 28.9 Å². The average Bonchev–Trinajstić information content (AvgIpc) is 2.78. The highest BCUT2D eigenvalue weighted by molar-refractivity contribution is 5.48. The first kappa shape index (κ1) is 23.9. The lowest BCUT2D eigenvalue weighted by molar-refractivity contribution is -0.149. The number of β-amino-alcohol motifs (C(OH)–C–C–N with tert-alkyl or cyclic N) is 2. The Hall–Kier alpha value is -2.26. The van der Waals surface area contributed by atoms with Crippen LogP contribution in [-0.2, 0) is 0 Å². The van der Waals surface area contributed by atoms with Crippen LogP contribution in [0, 0.1) is 18.6 Å². The Bertz CT molecular complexity index is 950. The molecule has 2 aliphatic rings. The van der Waals surface area contributed by atoms with Crippen LogP contribution in [0.3, 0.4) is 0 Å². The van der Waals surface area contributed by atoms with E-state index in [1.165, 1.54) is 11.6 Å². The second kappa shape index (κ2) is 9.54. The molecule has 2 saturated heterocycles. The number of rotatable bonds is 6. The highest BCUT2D eigenvalue weighted by Gasteiger charge is 2.44. The van der Waals surface area contributed by atoms with Gasteiger partial charge in [0.05, 0.1) is 11.7 Å². The molecule has 4 rings (SSSR count). The van der Waals surface area contributed by atoms with Crippen molar-refractivity contribution in [3.8, 4) is 5.75 Å². The Kier molecular flexibility index (Phi) is 6.91. The molecule has 2 fully saturated rings. The zero-order chi connectivity index (χ0) is 23.6. The number of anilines is 1. The van der Waals surface area contributed by atoms with Crippen molar-refractivity contribution in [1.29, 1.82) is 0 Å². The third-order valence-corrected chi connectivity index (χ3v) is 6.83. The number of hydrogen-bond acceptors (Lipinski definition) is 6. The molecule has 6 nitrogen and oxygen atoms in total. The van der Waals surface area contributed by atoms with Gasteiger partial charge in [-0.3, -0.25) is 4.90 Å². The molecule has 0 unspecified atom stereocenters. The van der Waals surface area contributed by atoms with Crippen molar-refractivity contribution >= 4 is 5.69 Å². The minimum Gasteiger partial charge on any atom is -0.490 e. The summed E-state index contributed by atoms with van der Waals surface area (Å²) >= 11 is 0. The molecule has 0 radical (unpaired) electrons. The summed E-state index contributed by atoms with van der Waals surface area (Å²) < 4.78 is 32.0. The molecule has 33 heavy (non-hydrogen) atoms. The van der Waals surface area contributed by atoms with Gasteiger partial charge in [-0.2, -0.15) is 0 Å². The van der Waals surface area contributed by atoms with Crippen LogP contribution in [0.2, 0.25) is 0 Å². The maximum absolute atomic E-state index is 13.4. The molecule has 0 aliphatic carbocycles. The van der Waals surface area contributed by atoms with E-state index in [1.807, 2.05) is 4.90 Å². The molecule has 0 bridgehead atoms. The monoisotopic (exact) mass is 462 g/mol. The predicted octanol–water partition coefficient (Wildman–Crippen LogP) is 2.48. The lowest BCUT2D eigenvalue weighted by Crippen LogP contribution is -2.62. The molecule has 0 amide bonds. The molecule has 2 aliphatic heterocycles. The summed E-state index contributed by atoms with van der Waals surface area (Å²) in [5.41, 5.74) is -0.110. The predicted molar refractivity (Wildman–Crippen MR) is 121 cm³/mol. The fraction of sp³-hybridized carbons (Fsp3) is 0.520. The van der Waals surface area contributed by atoms with Crippen molar-refractivity contribution in [2.24, 2.45) is 0 Å². The van der Waals surface area contributed by atoms with Crippen LogP contribution in [-0.4, -0.2) is 76.9 Å². The smallest absolute Gasteiger partial charge is 0.162 e. The molecule has 2 heterocycles. The zero-order valence-electron chi connectivity index (χ0n) is 18.9. The average molecular weight is 463 g/mol. The van der Waals surface area contributed by atoms with Gasteiger partial charge in [-0.25, -0.2) is 8.78 Å². The maximum atomic E-state index is 13.4. The summed E-state index contributed by atoms with van der Waals surface area (Å²) in [5.74, 6) is -1.94. The van der Waals surface area contributed by atoms with E-state index in [1.54, 1.807) is 0 Å². The van der Waals surface area contributed by atoms with Crippen LogP contribution in [0.15, 0.2) is 42.5 Å².